The molecule has 0 spiro atoms. The molecule has 0 aliphatic heterocycles. The van der Waals surface area contributed by atoms with Crippen LogP contribution < -0.4 is 24.0 Å². The first-order valence-electron chi connectivity index (χ1n) is 4.46. The molecule has 0 saturated heterocycles. The zero-order valence-corrected chi connectivity index (χ0v) is 10.7. The molecule has 0 bridgehead atoms. The molecule has 13 heavy (non-hydrogen) atoms. The standard InChI is InChI=1S/C9H18NO2.HI/c1-10(2,3)6-7-12-9(11)8-4-5-8;/h8H,4-7H2,1-3H3;1H/q+1;/p-1. The van der Waals surface area contributed by atoms with Crippen molar-refractivity contribution in [3.63, 3.8) is 0 Å². The summed E-state index contributed by atoms with van der Waals surface area (Å²) in [6.45, 7) is 1.44. The van der Waals surface area contributed by atoms with Gasteiger partial charge in [0.1, 0.15) is 13.2 Å². The summed E-state index contributed by atoms with van der Waals surface area (Å²) in [7, 11) is 6.26. The van der Waals surface area contributed by atoms with Crippen molar-refractivity contribution in [1.29, 1.82) is 0 Å². The molecule has 1 fully saturated rings. The van der Waals surface area contributed by atoms with Crippen molar-refractivity contribution in [1.82, 2.24) is 0 Å². The molecule has 1 saturated carbocycles. The van der Waals surface area contributed by atoms with E-state index in [2.05, 4.69) is 21.1 Å². The quantitative estimate of drug-likeness (QED) is 0.330. The second kappa shape index (κ2) is 5.14. The Bertz CT molecular complexity index is 173. The predicted octanol–water partition coefficient (Wildman–Crippen LogP) is -2.35. The Morgan fingerprint density at radius 1 is 1.38 bits per heavy atom. The van der Waals surface area contributed by atoms with E-state index in [-0.39, 0.29) is 35.9 Å². The Kier molecular flexibility index (Phi) is 5.21. The minimum atomic E-state index is 0. The van der Waals surface area contributed by atoms with Crippen LogP contribution in [0.2, 0.25) is 0 Å². The van der Waals surface area contributed by atoms with Crippen LogP contribution in [0.5, 0.6) is 0 Å². The Labute approximate surface area is 97.0 Å². The third-order valence-electron chi connectivity index (χ3n) is 1.92. The molecule has 4 heteroatoms. The van der Waals surface area contributed by atoms with Crippen LogP contribution in [0.15, 0.2) is 0 Å². The van der Waals surface area contributed by atoms with E-state index >= 15 is 0 Å². The van der Waals surface area contributed by atoms with Crippen molar-refractivity contribution in [2.75, 3.05) is 34.3 Å². The fraction of sp³-hybridized carbons (Fsp3) is 0.889. The molecule has 0 N–H and O–H groups in total. The minimum absolute atomic E-state index is 0. The van der Waals surface area contributed by atoms with Crippen molar-refractivity contribution in [3.05, 3.63) is 0 Å². The molecule has 1 aliphatic rings. The topological polar surface area (TPSA) is 26.3 Å². The maximum Gasteiger partial charge on any atom is 0.309 e. The fourth-order valence-electron chi connectivity index (χ4n) is 0.857. The van der Waals surface area contributed by atoms with E-state index in [1.807, 2.05) is 0 Å². The van der Waals surface area contributed by atoms with E-state index in [0.717, 1.165) is 23.9 Å². The number of carbonyl (C=O) groups is 1. The molecule has 0 unspecified atom stereocenters. The van der Waals surface area contributed by atoms with Crippen LogP contribution in [0.25, 0.3) is 0 Å². The summed E-state index contributed by atoms with van der Waals surface area (Å²) < 4.78 is 5.93. The highest BCUT2D eigenvalue weighted by Crippen LogP contribution is 2.29. The highest BCUT2D eigenvalue weighted by atomic mass is 127. The number of hydrogen-bond donors (Lipinski definition) is 0. The monoisotopic (exact) mass is 299 g/mol. The van der Waals surface area contributed by atoms with Crippen LogP contribution in [0.1, 0.15) is 12.8 Å². The zero-order chi connectivity index (χ0) is 9.19. The second-order valence-corrected chi connectivity index (χ2v) is 4.46. The Morgan fingerprint density at radius 2 is 1.92 bits per heavy atom. The van der Waals surface area contributed by atoms with Gasteiger partial charge in [-0.25, -0.2) is 0 Å². The normalized spacial score (nSPS) is 16.2. The van der Waals surface area contributed by atoms with E-state index in [4.69, 9.17) is 4.74 Å². The van der Waals surface area contributed by atoms with Gasteiger partial charge in [0.2, 0.25) is 0 Å². The van der Waals surface area contributed by atoms with E-state index in [0.29, 0.717) is 6.61 Å². The molecule has 78 valence electrons. The number of likely N-dealkylation sites (N-methyl/N-ethyl adjacent to an activating group) is 1. The second-order valence-electron chi connectivity index (χ2n) is 4.46. The van der Waals surface area contributed by atoms with Crippen molar-refractivity contribution in [3.8, 4) is 0 Å². The van der Waals surface area contributed by atoms with Gasteiger partial charge in [-0.2, -0.15) is 0 Å². The number of ether oxygens (including phenoxy) is 1. The highest BCUT2D eigenvalue weighted by Gasteiger charge is 2.31. The van der Waals surface area contributed by atoms with E-state index < -0.39 is 0 Å². The average molecular weight is 299 g/mol. The molecule has 3 nitrogen and oxygen atoms in total. The minimum Gasteiger partial charge on any atom is -1.00 e. The summed E-state index contributed by atoms with van der Waals surface area (Å²) >= 11 is 0. The number of rotatable bonds is 4. The predicted molar refractivity (Wildman–Crippen MR) is 46.6 cm³/mol. The van der Waals surface area contributed by atoms with E-state index in [9.17, 15) is 4.79 Å². The van der Waals surface area contributed by atoms with Gasteiger partial charge in [-0.3, -0.25) is 4.79 Å². The SMILES string of the molecule is C[N+](C)(C)CCOC(=O)C1CC1.[I-]. The largest absolute Gasteiger partial charge is 1.00 e. The molecular formula is C9H18INO2. The van der Waals surface area contributed by atoms with Gasteiger partial charge >= 0.3 is 5.97 Å². The lowest BCUT2D eigenvalue weighted by Crippen LogP contribution is -3.00. The lowest BCUT2D eigenvalue weighted by Gasteiger charge is -2.23. The van der Waals surface area contributed by atoms with Crippen molar-refractivity contribution < 1.29 is 38.0 Å². The number of hydrogen-bond acceptors (Lipinski definition) is 2. The molecular weight excluding hydrogens is 281 g/mol. The molecule has 0 aromatic rings. The van der Waals surface area contributed by atoms with Gasteiger partial charge in [0.25, 0.3) is 0 Å². The Hall–Kier alpha value is 0.160. The molecule has 0 amide bonds. The Balaban J connectivity index is 0.00000144. The van der Waals surface area contributed by atoms with Gasteiger partial charge in [0.05, 0.1) is 27.1 Å². The molecule has 0 radical (unpaired) electrons. The van der Waals surface area contributed by atoms with Crippen LogP contribution in [0.4, 0.5) is 0 Å². The van der Waals surface area contributed by atoms with Gasteiger partial charge in [-0.15, -0.1) is 0 Å². The molecule has 0 atom stereocenters. The first-order chi connectivity index (χ1) is 5.49. The van der Waals surface area contributed by atoms with E-state index in [1.165, 1.54) is 0 Å². The molecule has 1 rings (SSSR count). The van der Waals surface area contributed by atoms with E-state index in [1.54, 1.807) is 0 Å². The Morgan fingerprint density at radius 3 is 2.31 bits per heavy atom. The summed E-state index contributed by atoms with van der Waals surface area (Å²) in [6.07, 6.45) is 2.06. The summed E-state index contributed by atoms with van der Waals surface area (Å²) in [5, 5.41) is 0. The van der Waals surface area contributed by atoms with Gasteiger partial charge in [0.15, 0.2) is 0 Å². The van der Waals surface area contributed by atoms with Crippen LogP contribution in [0, 0.1) is 5.92 Å². The van der Waals surface area contributed by atoms with Crippen molar-refractivity contribution >= 4 is 5.97 Å². The maximum atomic E-state index is 11.1. The van der Waals surface area contributed by atoms with Crippen molar-refractivity contribution in [2.45, 2.75) is 12.8 Å². The van der Waals surface area contributed by atoms with Crippen molar-refractivity contribution in [2.24, 2.45) is 5.92 Å². The first-order valence-corrected chi connectivity index (χ1v) is 4.46. The van der Waals surface area contributed by atoms with Gasteiger partial charge in [-0.05, 0) is 12.8 Å². The molecule has 0 aromatic carbocycles. The summed E-state index contributed by atoms with van der Waals surface area (Å²) in [5.74, 6) is 0.237. The lowest BCUT2D eigenvalue weighted by atomic mass is 10.4. The zero-order valence-electron chi connectivity index (χ0n) is 8.55. The van der Waals surface area contributed by atoms with Crippen LogP contribution >= 0.6 is 0 Å². The molecule has 0 aromatic heterocycles. The number of esters is 1. The lowest BCUT2D eigenvalue weighted by molar-refractivity contribution is -0.870. The molecule has 1 aliphatic carbocycles. The number of nitrogens with zero attached hydrogens (tertiary/aromatic N) is 1. The smallest absolute Gasteiger partial charge is 0.309 e. The molecule has 0 heterocycles. The fourth-order valence-corrected chi connectivity index (χ4v) is 0.857. The number of quaternary nitrogens is 1. The summed E-state index contributed by atoms with van der Waals surface area (Å²) in [5.41, 5.74) is 0. The van der Waals surface area contributed by atoms with Crippen LogP contribution in [-0.4, -0.2) is 44.7 Å². The summed E-state index contributed by atoms with van der Waals surface area (Å²) in [4.78, 5) is 11.1. The average Bonchev–Trinajstić information content (AvgIpc) is 2.64. The van der Waals surface area contributed by atoms with Gasteiger partial charge in [0, 0.05) is 0 Å². The van der Waals surface area contributed by atoms with Crippen LogP contribution in [-0.2, 0) is 9.53 Å². The third-order valence-corrected chi connectivity index (χ3v) is 1.92. The van der Waals surface area contributed by atoms with Gasteiger partial charge < -0.3 is 33.2 Å². The van der Waals surface area contributed by atoms with Crippen LogP contribution in [0.3, 0.4) is 0 Å². The summed E-state index contributed by atoms with van der Waals surface area (Å²) in [6, 6.07) is 0. The maximum absolute atomic E-state index is 11.1. The third kappa shape index (κ3) is 6.26. The highest BCUT2D eigenvalue weighted by molar-refractivity contribution is 5.74. The number of halogens is 1. The number of carbonyl (C=O) groups excluding carboxylic acids is 1. The van der Waals surface area contributed by atoms with Gasteiger partial charge in [-0.1, -0.05) is 0 Å². The first kappa shape index (κ1) is 13.2.